The minimum Gasteiger partial charge on any atom is -1.00 e. The van der Waals surface area contributed by atoms with Crippen LogP contribution in [0.3, 0.4) is 0 Å². The fourth-order valence-corrected chi connectivity index (χ4v) is 3.10. The third-order valence-electron chi connectivity index (χ3n) is 4.32. The molecule has 0 aliphatic carbocycles. The van der Waals surface area contributed by atoms with Crippen LogP contribution in [0, 0.1) is 0 Å². The van der Waals surface area contributed by atoms with Crippen LogP contribution in [0.25, 0.3) is 0 Å². The summed E-state index contributed by atoms with van der Waals surface area (Å²) in [5.41, 5.74) is 0. The van der Waals surface area contributed by atoms with Crippen LogP contribution in [-0.2, 0) is 13.8 Å². The molecule has 0 bridgehead atoms. The fraction of sp³-hybridized carbons (Fsp3) is 0.909. The van der Waals surface area contributed by atoms with Gasteiger partial charge in [-0.25, -0.2) is 4.57 Å². The van der Waals surface area contributed by atoms with Gasteiger partial charge < -0.3 is 16.0 Å². The van der Waals surface area contributed by atoms with Crippen molar-refractivity contribution in [1.82, 2.24) is 0 Å². The molecule has 0 fully saturated rings. The first-order chi connectivity index (χ1) is 13.5. The molecule has 29 heavy (non-hydrogen) atoms. The Kier molecular flexibility index (Phi) is 35.6. The van der Waals surface area contributed by atoms with Gasteiger partial charge in [0.15, 0.2) is 0 Å². The molecule has 0 aliphatic heterocycles. The van der Waals surface area contributed by atoms with E-state index >= 15 is 0 Å². The summed E-state index contributed by atoms with van der Waals surface area (Å²) in [6, 6.07) is 0. The van der Waals surface area contributed by atoms with Crippen LogP contribution in [0.2, 0.25) is 0 Å². The zero-order valence-corrected chi connectivity index (χ0v) is 23.8. The van der Waals surface area contributed by atoms with Crippen LogP contribution >= 0.6 is 7.82 Å². The Labute approximate surface area is 224 Å². The molecule has 0 spiro atoms. The molecule has 0 saturated carbocycles. The number of rotatable bonds is 19. The summed E-state index contributed by atoms with van der Waals surface area (Å²) >= 11 is 0. The van der Waals surface area contributed by atoms with Crippen molar-refractivity contribution in [2.24, 2.45) is 0 Å². The van der Waals surface area contributed by atoms with Crippen LogP contribution in [0.15, 0.2) is 12.2 Å². The van der Waals surface area contributed by atoms with Gasteiger partial charge in [0.05, 0.1) is 6.61 Å². The van der Waals surface area contributed by atoms with E-state index in [2.05, 4.69) is 23.6 Å². The zero-order valence-electron chi connectivity index (χ0n) is 20.7. The van der Waals surface area contributed by atoms with E-state index in [0.717, 1.165) is 32.5 Å². The van der Waals surface area contributed by atoms with Gasteiger partial charge in [0.2, 0.25) is 0 Å². The summed E-state index contributed by atoms with van der Waals surface area (Å²) in [7, 11) is -4.26. The van der Waals surface area contributed by atoms with E-state index < -0.39 is 7.82 Å². The van der Waals surface area contributed by atoms with Gasteiger partial charge in [-0.05, 0) is 46.0 Å². The van der Waals surface area contributed by atoms with E-state index in [1.807, 2.05) is 13.8 Å². The Morgan fingerprint density at radius 1 is 0.724 bits per heavy atom. The summed E-state index contributed by atoms with van der Waals surface area (Å²) in [6.07, 6.45) is 21.7. The van der Waals surface area contributed by atoms with Crippen LogP contribution in [0.4, 0.5) is 0 Å². The fourth-order valence-electron chi connectivity index (χ4n) is 2.74. The SMILES string of the molecule is CCCCCCCC/C=C\CCCCCCCCOP(=O)(O)O.CCOCC.[H-].[K+]. The summed E-state index contributed by atoms with van der Waals surface area (Å²) in [5.74, 6) is 0. The number of phosphoric acid groups is 1. The summed E-state index contributed by atoms with van der Waals surface area (Å²) in [5, 5.41) is 0. The second-order valence-electron chi connectivity index (χ2n) is 7.04. The third kappa shape index (κ3) is 40.4. The van der Waals surface area contributed by atoms with Crippen molar-refractivity contribution >= 4 is 7.82 Å². The maximum Gasteiger partial charge on any atom is 1.00 e. The standard InChI is InChI=1S/C18H37O4P.C4H10O.K.H/c1-2-3-4-5-6-7-8-9-10-11-12-13-14-15-16-17-18-22-23(19,20)21;1-3-5-4-2;;/h9-10H,2-8,11-18H2,1H3,(H2,19,20,21);3-4H2,1-2H3;;/q;;+1;-1/b10-9-;;;. The van der Waals surface area contributed by atoms with Gasteiger partial charge in [-0.15, -0.1) is 0 Å². The molecule has 0 saturated heterocycles. The monoisotopic (exact) mass is 462 g/mol. The molecular weight excluding hydrogens is 414 g/mol. The Morgan fingerprint density at radius 3 is 1.52 bits per heavy atom. The predicted octanol–water partition coefficient (Wildman–Crippen LogP) is 4.29. The van der Waals surface area contributed by atoms with Crippen molar-refractivity contribution in [2.75, 3.05) is 19.8 Å². The molecular formula is C22H48KO5P. The topological polar surface area (TPSA) is 76.0 Å². The zero-order chi connectivity index (χ0) is 21.3. The Morgan fingerprint density at radius 2 is 1.14 bits per heavy atom. The number of allylic oxidation sites excluding steroid dienone is 2. The summed E-state index contributed by atoms with van der Waals surface area (Å²) in [6.45, 7) is 8.08. The minimum absolute atomic E-state index is 0. The maximum absolute atomic E-state index is 10.5. The van der Waals surface area contributed by atoms with Crippen LogP contribution < -0.4 is 51.4 Å². The van der Waals surface area contributed by atoms with Crippen LogP contribution in [-0.4, -0.2) is 29.6 Å². The van der Waals surface area contributed by atoms with Crippen molar-refractivity contribution in [1.29, 1.82) is 0 Å². The number of hydrogen-bond acceptors (Lipinski definition) is 3. The molecule has 0 aromatic rings. The van der Waals surface area contributed by atoms with E-state index in [0.29, 0.717) is 0 Å². The van der Waals surface area contributed by atoms with E-state index in [4.69, 9.17) is 14.5 Å². The van der Waals surface area contributed by atoms with Crippen LogP contribution in [0.5, 0.6) is 0 Å². The molecule has 0 aromatic heterocycles. The quantitative estimate of drug-likeness (QED) is 0.130. The predicted molar refractivity (Wildman–Crippen MR) is 121 cm³/mol. The van der Waals surface area contributed by atoms with Crippen molar-refractivity contribution in [3.05, 3.63) is 12.2 Å². The number of phosphoric ester groups is 1. The molecule has 0 rings (SSSR count). The van der Waals surface area contributed by atoms with Crippen LogP contribution in [0.1, 0.15) is 112 Å². The summed E-state index contributed by atoms with van der Waals surface area (Å²) in [4.78, 5) is 17.1. The van der Waals surface area contributed by atoms with E-state index in [9.17, 15) is 4.57 Å². The molecule has 7 heteroatoms. The molecule has 172 valence electrons. The number of ether oxygens (including phenoxy) is 1. The maximum atomic E-state index is 10.5. The molecule has 2 N–H and O–H groups in total. The van der Waals surface area contributed by atoms with Crippen molar-refractivity contribution in [2.45, 2.75) is 111 Å². The van der Waals surface area contributed by atoms with Gasteiger partial charge in [0, 0.05) is 13.2 Å². The molecule has 0 radical (unpaired) electrons. The Bertz CT molecular complexity index is 365. The smallest absolute Gasteiger partial charge is 1.00 e. The van der Waals surface area contributed by atoms with Gasteiger partial charge in [0.1, 0.15) is 0 Å². The first kappa shape index (κ1) is 35.0. The first-order valence-corrected chi connectivity index (χ1v) is 12.9. The molecule has 5 nitrogen and oxygen atoms in total. The van der Waals surface area contributed by atoms with Crippen molar-refractivity contribution < 1.29 is 76.4 Å². The van der Waals surface area contributed by atoms with E-state index in [1.165, 1.54) is 70.6 Å². The molecule has 0 amide bonds. The normalized spacial score (nSPS) is 11.2. The number of unbranched alkanes of at least 4 members (excludes halogenated alkanes) is 12. The summed E-state index contributed by atoms with van der Waals surface area (Å²) < 4.78 is 19.7. The van der Waals surface area contributed by atoms with Gasteiger partial charge in [0.25, 0.3) is 0 Å². The molecule has 0 aliphatic rings. The minimum atomic E-state index is -4.26. The number of hydrogen-bond donors (Lipinski definition) is 2. The van der Waals surface area contributed by atoms with Gasteiger partial charge in [-0.1, -0.05) is 76.9 Å². The molecule has 0 aromatic carbocycles. The van der Waals surface area contributed by atoms with E-state index in [-0.39, 0.29) is 59.4 Å². The molecule has 0 atom stereocenters. The van der Waals surface area contributed by atoms with Crippen molar-refractivity contribution in [3.63, 3.8) is 0 Å². The van der Waals surface area contributed by atoms with Gasteiger partial charge >= 0.3 is 59.2 Å². The second-order valence-corrected chi connectivity index (χ2v) is 8.28. The average molecular weight is 463 g/mol. The molecule has 0 unspecified atom stereocenters. The molecule has 0 heterocycles. The Balaban J connectivity index is -0.000000429. The average Bonchev–Trinajstić information content (AvgIpc) is 2.64. The van der Waals surface area contributed by atoms with Gasteiger partial charge in [-0.2, -0.15) is 0 Å². The second kappa shape index (κ2) is 29.4. The van der Waals surface area contributed by atoms with Gasteiger partial charge in [-0.3, -0.25) is 4.52 Å². The first-order valence-electron chi connectivity index (χ1n) is 11.4. The largest absolute Gasteiger partial charge is 1.00 e. The third-order valence-corrected chi connectivity index (χ3v) is 4.84. The Hall–Kier alpha value is 1.45. The van der Waals surface area contributed by atoms with Crippen molar-refractivity contribution in [3.8, 4) is 0 Å². The van der Waals surface area contributed by atoms with E-state index in [1.54, 1.807) is 0 Å².